The van der Waals surface area contributed by atoms with Gasteiger partial charge in [-0.15, -0.1) is 11.3 Å². The lowest BCUT2D eigenvalue weighted by atomic mass is 10.4. The van der Waals surface area contributed by atoms with Crippen molar-refractivity contribution in [2.75, 3.05) is 20.7 Å². The van der Waals surface area contributed by atoms with Crippen molar-refractivity contribution in [3.8, 4) is 0 Å². The van der Waals surface area contributed by atoms with Gasteiger partial charge in [0.2, 0.25) is 10.0 Å². The quantitative estimate of drug-likeness (QED) is 0.774. The van der Waals surface area contributed by atoms with E-state index >= 15 is 0 Å². The normalized spacial score (nSPS) is 11.5. The molecule has 0 unspecified atom stereocenters. The third kappa shape index (κ3) is 3.52. The number of methoxy groups -OCH3 is 1. The van der Waals surface area contributed by atoms with Crippen LogP contribution in [0, 0.1) is 0 Å². The molecule has 0 saturated heterocycles. The second-order valence-electron chi connectivity index (χ2n) is 3.57. The SMILES string of the molecule is COC(=O)CCN(C)S(=O)(=O)c1ccsc1C(=O)O. The van der Waals surface area contributed by atoms with E-state index in [2.05, 4.69) is 4.74 Å². The van der Waals surface area contributed by atoms with E-state index in [0.717, 1.165) is 15.6 Å². The largest absolute Gasteiger partial charge is 0.477 e. The van der Waals surface area contributed by atoms with E-state index < -0.39 is 22.0 Å². The molecule has 0 aliphatic heterocycles. The lowest BCUT2D eigenvalue weighted by Gasteiger charge is -2.16. The summed E-state index contributed by atoms with van der Waals surface area (Å²) >= 11 is 0.834. The zero-order valence-corrected chi connectivity index (χ0v) is 12.0. The summed E-state index contributed by atoms with van der Waals surface area (Å²) in [5.41, 5.74) is 0. The molecule has 0 bridgehead atoms. The van der Waals surface area contributed by atoms with Gasteiger partial charge in [-0.05, 0) is 11.4 Å². The predicted molar refractivity (Wildman–Crippen MR) is 67.7 cm³/mol. The minimum Gasteiger partial charge on any atom is -0.477 e. The number of thiophene rings is 1. The highest BCUT2D eigenvalue weighted by Gasteiger charge is 2.27. The van der Waals surface area contributed by atoms with Crippen LogP contribution in [0.2, 0.25) is 0 Å². The Balaban J connectivity index is 2.94. The van der Waals surface area contributed by atoms with Crippen LogP contribution in [0.15, 0.2) is 16.3 Å². The Morgan fingerprint density at radius 3 is 2.63 bits per heavy atom. The second-order valence-corrected chi connectivity index (χ2v) is 6.50. The first-order valence-electron chi connectivity index (χ1n) is 5.14. The van der Waals surface area contributed by atoms with Crippen molar-refractivity contribution in [2.45, 2.75) is 11.3 Å². The molecular weight excluding hydrogens is 294 g/mol. The highest BCUT2D eigenvalue weighted by Crippen LogP contribution is 2.24. The molecule has 7 nitrogen and oxygen atoms in total. The second kappa shape index (κ2) is 6.13. The van der Waals surface area contributed by atoms with Crippen molar-refractivity contribution in [2.24, 2.45) is 0 Å². The predicted octanol–water partition coefficient (Wildman–Crippen LogP) is 0.630. The van der Waals surface area contributed by atoms with Gasteiger partial charge in [0.1, 0.15) is 9.77 Å². The summed E-state index contributed by atoms with van der Waals surface area (Å²) in [6.07, 6.45) is -0.0984. The Kier molecular flexibility index (Phi) is 5.04. The smallest absolute Gasteiger partial charge is 0.347 e. The van der Waals surface area contributed by atoms with E-state index in [1.165, 1.54) is 25.6 Å². The van der Waals surface area contributed by atoms with Crippen LogP contribution in [0.25, 0.3) is 0 Å². The van der Waals surface area contributed by atoms with E-state index in [1.807, 2.05) is 0 Å². The van der Waals surface area contributed by atoms with E-state index in [-0.39, 0.29) is 22.7 Å². The number of nitrogens with zero attached hydrogens (tertiary/aromatic N) is 1. The molecule has 9 heteroatoms. The number of ether oxygens (including phenoxy) is 1. The van der Waals surface area contributed by atoms with E-state index in [0.29, 0.717) is 0 Å². The highest BCUT2D eigenvalue weighted by molar-refractivity contribution is 7.89. The summed E-state index contributed by atoms with van der Waals surface area (Å²) in [5, 5.41) is 10.3. The molecule has 0 spiro atoms. The molecule has 0 radical (unpaired) electrons. The van der Waals surface area contributed by atoms with Gasteiger partial charge in [-0.2, -0.15) is 0 Å². The Morgan fingerprint density at radius 2 is 2.11 bits per heavy atom. The number of carbonyl (C=O) groups is 2. The van der Waals surface area contributed by atoms with Crippen LogP contribution in [-0.4, -0.2) is 50.5 Å². The first-order chi connectivity index (χ1) is 8.80. The average molecular weight is 307 g/mol. The van der Waals surface area contributed by atoms with Crippen molar-refractivity contribution in [3.63, 3.8) is 0 Å². The van der Waals surface area contributed by atoms with Crippen molar-refractivity contribution >= 4 is 33.3 Å². The molecule has 1 N–H and O–H groups in total. The number of carboxylic acid groups (broad SMARTS) is 1. The zero-order valence-electron chi connectivity index (χ0n) is 10.3. The first-order valence-corrected chi connectivity index (χ1v) is 7.46. The maximum Gasteiger partial charge on any atom is 0.347 e. The first kappa shape index (κ1) is 15.6. The van der Waals surface area contributed by atoms with Gasteiger partial charge in [0.05, 0.1) is 13.5 Å². The lowest BCUT2D eigenvalue weighted by Crippen LogP contribution is -2.30. The molecule has 0 aromatic carbocycles. The molecule has 0 atom stereocenters. The summed E-state index contributed by atoms with van der Waals surface area (Å²) in [4.78, 5) is 21.4. The molecule has 0 fully saturated rings. The molecule has 0 amide bonds. The number of sulfonamides is 1. The van der Waals surface area contributed by atoms with Gasteiger partial charge in [-0.1, -0.05) is 0 Å². The van der Waals surface area contributed by atoms with E-state index in [1.54, 1.807) is 0 Å². The standard InChI is InChI=1S/C10H13NO6S2/c1-11(5-3-8(12)17-2)19(15,16)7-4-6-18-9(7)10(13)14/h4,6H,3,5H2,1-2H3,(H,13,14). The molecule has 0 saturated carbocycles. The topological polar surface area (TPSA) is 101 Å². The number of esters is 1. The van der Waals surface area contributed by atoms with Crippen molar-refractivity contribution in [1.29, 1.82) is 0 Å². The van der Waals surface area contributed by atoms with Crippen molar-refractivity contribution in [1.82, 2.24) is 4.31 Å². The molecule has 19 heavy (non-hydrogen) atoms. The molecular formula is C10H13NO6S2. The van der Waals surface area contributed by atoms with Crippen molar-refractivity contribution < 1.29 is 27.9 Å². The molecule has 106 valence electrons. The summed E-state index contributed by atoms with van der Waals surface area (Å²) < 4.78 is 29.6. The minimum atomic E-state index is -3.92. The van der Waals surface area contributed by atoms with E-state index in [9.17, 15) is 18.0 Å². The van der Waals surface area contributed by atoms with Crippen LogP contribution in [0.1, 0.15) is 16.1 Å². The van der Waals surface area contributed by atoms with Gasteiger partial charge in [0, 0.05) is 13.6 Å². The maximum absolute atomic E-state index is 12.1. The van der Waals surface area contributed by atoms with Gasteiger partial charge < -0.3 is 9.84 Å². The third-order valence-electron chi connectivity index (χ3n) is 2.37. The number of rotatable bonds is 6. The Morgan fingerprint density at radius 1 is 1.47 bits per heavy atom. The van der Waals surface area contributed by atoms with Crippen molar-refractivity contribution in [3.05, 3.63) is 16.3 Å². The number of aromatic carboxylic acids is 1. The van der Waals surface area contributed by atoms with Gasteiger partial charge in [0.15, 0.2) is 0 Å². The number of carboxylic acids is 1. The van der Waals surface area contributed by atoms with Crippen LogP contribution in [0.4, 0.5) is 0 Å². The molecule has 1 aromatic heterocycles. The fourth-order valence-electron chi connectivity index (χ4n) is 1.30. The fourth-order valence-corrected chi connectivity index (χ4v) is 3.70. The monoisotopic (exact) mass is 307 g/mol. The molecule has 1 heterocycles. The van der Waals surface area contributed by atoms with Gasteiger partial charge in [-0.3, -0.25) is 4.79 Å². The maximum atomic E-state index is 12.1. The highest BCUT2D eigenvalue weighted by atomic mass is 32.2. The Hall–Kier alpha value is -1.45. The molecule has 1 rings (SSSR count). The Labute approximate surface area is 114 Å². The summed E-state index contributed by atoms with van der Waals surface area (Å²) in [7, 11) is -1.43. The summed E-state index contributed by atoms with van der Waals surface area (Å²) in [6.45, 7) is -0.0795. The Bertz CT molecular complexity index is 577. The van der Waals surface area contributed by atoms with Crippen LogP contribution >= 0.6 is 11.3 Å². The zero-order chi connectivity index (χ0) is 14.6. The van der Waals surface area contributed by atoms with Gasteiger partial charge >= 0.3 is 11.9 Å². The fraction of sp³-hybridized carbons (Fsp3) is 0.400. The minimum absolute atomic E-state index is 0.0795. The lowest BCUT2D eigenvalue weighted by molar-refractivity contribution is -0.140. The van der Waals surface area contributed by atoms with Gasteiger partial charge in [-0.25, -0.2) is 17.5 Å². The summed E-state index contributed by atoms with van der Waals surface area (Å²) in [5.74, 6) is -1.83. The summed E-state index contributed by atoms with van der Waals surface area (Å²) in [6, 6.07) is 1.23. The van der Waals surface area contributed by atoms with Gasteiger partial charge in [0.25, 0.3) is 0 Å². The molecule has 0 aliphatic carbocycles. The van der Waals surface area contributed by atoms with E-state index in [4.69, 9.17) is 5.11 Å². The van der Waals surface area contributed by atoms with Crippen LogP contribution in [-0.2, 0) is 19.6 Å². The van der Waals surface area contributed by atoms with Crippen LogP contribution in [0.3, 0.4) is 0 Å². The molecule has 1 aromatic rings. The average Bonchev–Trinajstić information content (AvgIpc) is 2.85. The molecule has 0 aliphatic rings. The van der Waals surface area contributed by atoms with Crippen LogP contribution in [0.5, 0.6) is 0 Å². The van der Waals surface area contributed by atoms with Crippen LogP contribution < -0.4 is 0 Å². The number of carbonyl (C=O) groups excluding carboxylic acids is 1. The third-order valence-corrected chi connectivity index (χ3v) is 5.30. The number of hydrogen-bond acceptors (Lipinski definition) is 6. The number of hydrogen-bond donors (Lipinski definition) is 1.